The molecular formula is C10H13Cl3N2O. The first-order chi connectivity index (χ1) is 7.16. The van der Waals surface area contributed by atoms with E-state index >= 15 is 0 Å². The van der Waals surface area contributed by atoms with Gasteiger partial charge in [0.15, 0.2) is 0 Å². The summed E-state index contributed by atoms with van der Waals surface area (Å²) >= 11 is 11.7. The van der Waals surface area contributed by atoms with Crippen LogP contribution in [0.25, 0.3) is 0 Å². The first-order valence-corrected chi connectivity index (χ1v) is 5.34. The van der Waals surface area contributed by atoms with Gasteiger partial charge in [0, 0.05) is 6.54 Å². The van der Waals surface area contributed by atoms with Crippen molar-refractivity contribution in [3.05, 3.63) is 33.8 Å². The van der Waals surface area contributed by atoms with Gasteiger partial charge in [0.2, 0.25) is 0 Å². The van der Waals surface area contributed by atoms with E-state index in [0.29, 0.717) is 28.7 Å². The Morgan fingerprint density at radius 3 is 2.38 bits per heavy atom. The van der Waals surface area contributed by atoms with E-state index < -0.39 is 0 Å². The van der Waals surface area contributed by atoms with Gasteiger partial charge in [-0.1, -0.05) is 29.3 Å². The number of hydrogen-bond donors (Lipinski definition) is 2. The molecule has 16 heavy (non-hydrogen) atoms. The number of amides is 1. The van der Waals surface area contributed by atoms with Crippen molar-refractivity contribution in [1.82, 2.24) is 5.32 Å². The summed E-state index contributed by atoms with van der Waals surface area (Å²) in [5.74, 6) is -0.265. The van der Waals surface area contributed by atoms with Crippen molar-refractivity contribution in [2.75, 3.05) is 13.1 Å². The fraction of sp³-hybridized carbons (Fsp3) is 0.300. The van der Waals surface area contributed by atoms with Crippen LogP contribution in [0.3, 0.4) is 0 Å². The summed E-state index contributed by atoms with van der Waals surface area (Å²) in [4.78, 5) is 11.6. The monoisotopic (exact) mass is 282 g/mol. The minimum atomic E-state index is -0.265. The summed E-state index contributed by atoms with van der Waals surface area (Å²) < 4.78 is 0. The number of nitrogens with two attached hydrogens (primary N) is 1. The van der Waals surface area contributed by atoms with Crippen LogP contribution in [0, 0.1) is 0 Å². The molecule has 0 aliphatic rings. The van der Waals surface area contributed by atoms with Crippen molar-refractivity contribution in [2.24, 2.45) is 5.73 Å². The summed E-state index contributed by atoms with van der Waals surface area (Å²) in [6.45, 7) is 1.06. The number of carbonyl (C=O) groups is 1. The van der Waals surface area contributed by atoms with Crippen molar-refractivity contribution >= 4 is 41.5 Å². The second-order valence-corrected chi connectivity index (χ2v) is 3.81. The third-order valence-electron chi connectivity index (χ3n) is 1.86. The van der Waals surface area contributed by atoms with Crippen LogP contribution in [0.4, 0.5) is 0 Å². The summed E-state index contributed by atoms with van der Waals surface area (Å²) in [5.41, 5.74) is 5.63. The molecule has 0 aliphatic heterocycles. The zero-order valence-electron chi connectivity index (χ0n) is 8.50. The fourth-order valence-electron chi connectivity index (χ4n) is 1.11. The first kappa shape index (κ1) is 15.5. The number of hydrogen-bond acceptors (Lipinski definition) is 2. The predicted molar refractivity (Wildman–Crippen MR) is 69.7 cm³/mol. The van der Waals surface area contributed by atoms with E-state index in [1.807, 2.05) is 0 Å². The highest BCUT2D eigenvalue weighted by molar-refractivity contribution is 6.39. The molecule has 1 aromatic rings. The average Bonchev–Trinajstić information content (AvgIpc) is 2.18. The number of benzene rings is 1. The van der Waals surface area contributed by atoms with Crippen LogP contribution in [0.5, 0.6) is 0 Å². The lowest BCUT2D eigenvalue weighted by molar-refractivity contribution is 0.0954. The van der Waals surface area contributed by atoms with Gasteiger partial charge in [-0.05, 0) is 25.1 Å². The van der Waals surface area contributed by atoms with Crippen LogP contribution in [0.15, 0.2) is 18.2 Å². The molecule has 0 heterocycles. The van der Waals surface area contributed by atoms with Gasteiger partial charge < -0.3 is 11.1 Å². The number of carbonyl (C=O) groups excluding carboxylic acids is 1. The molecule has 0 aromatic heterocycles. The second-order valence-electron chi connectivity index (χ2n) is 2.99. The molecule has 0 spiro atoms. The number of rotatable bonds is 4. The van der Waals surface area contributed by atoms with E-state index in [0.717, 1.165) is 6.42 Å². The van der Waals surface area contributed by atoms with E-state index in [-0.39, 0.29) is 18.3 Å². The zero-order valence-corrected chi connectivity index (χ0v) is 10.8. The van der Waals surface area contributed by atoms with E-state index in [4.69, 9.17) is 28.9 Å². The van der Waals surface area contributed by atoms with Crippen LogP contribution in [-0.4, -0.2) is 19.0 Å². The second kappa shape index (κ2) is 7.74. The summed E-state index contributed by atoms with van der Waals surface area (Å²) in [6.07, 6.45) is 0.730. The summed E-state index contributed by atoms with van der Waals surface area (Å²) in [7, 11) is 0. The molecule has 0 aliphatic carbocycles. The predicted octanol–water partition coefficient (Wildman–Crippen LogP) is 2.49. The average molecular weight is 284 g/mol. The fourth-order valence-corrected chi connectivity index (χ4v) is 1.68. The molecule has 0 bridgehead atoms. The normalized spacial score (nSPS) is 9.44. The Labute approximate surface area is 111 Å². The Balaban J connectivity index is 0.00000225. The molecule has 0 unspecified atom stereocenters. The van der Waals surface area contributed by atoms with Crippen molar-refractivity contribution in [3.8, 4) is 0 Å². The summed E-state index contributed by atoms with van der Waals surface area (Å²) in [5, 5.41) is 3.40. The molecule has 1 aromatic carbocycles. The molecule has 3 nitrogen and oxygen atoms in total. The van der Waals surface area contributed by atoms with Crippen molar-refractivity contribution in [2.45, 2.75) is 6.42 Å². The third kappa shape index (κ3) is 4.18. The van der Waals surface area contributed by atoms with Crippen molar-refractivity contribution < 1.29 is 4.79 Å². The Morgan fingerprint density at radius 2 is 1.88 bits per heavy atom. The smallest absolute Gasteiger partial charge is 0.254 e. The molecule has 6 heteroatoms. The Bertz CT molecular complexity index is 338. The van der Waals surface area contributed by atoms with Gasteiger partial charge in [-0.25, -0.2) is 0 Å². The zero-order chi connectivity index (χ0) is 11.3. The lowest BCUT2D eigenvalue weighted by Gasteiger charge is -2.07. The molecular weight excluding hydrogens is 270 g/mol. The van der Waals surface area contributed by atoms with Crippen LogP contribution < -0.4 is 11.1 Å². The molecule has 1 amide bonds. The highest BCUT2D eigenvalue weighted by atomic mass is 35.5. The topological polar surface area (TPSA) is 55.1 Å². The first-order valence-electron chi connectivity index (χ1n) is 4.59. The Morgan fingerprint density at radius 1 is 1.31 bits per heavy atom. The van der Waals surface area contributed by atoms with Gasteiger partial charge >= 0.3 is 0 Å². The van der Waals surface area contributed by atoms with Crippen molar-refractivity contribution in [3.63, 3.8) is 0 Å². The van der Waals surface area contributed by atoms with Crippen LogP contribution in [0.2, 0.25) is 10.0 Å². The minimum Gasteiger partial charge on any atom is -0.352 e. The van der Waals surface area contributed by atoms with E-state index in [1.54, 1.807) is 18.2 Å². The standard InChI is InChI=1S/C10H12Cl2N2O.ClH/c11-7-3-1-4-8(12)9(7)10(15)14-6-2-5-13;/h1,3-4H,2,5-6,13H2,(H,14,15);1H. The van der Waals surface area contributed by atoms with Crippen LogP contribution in [-0.2, 0) is 0 Å². The molecule has 90 valence electrons. The third-order valence-corrected chi connectivity index (χ3v) is 2.49. The van der Waals surface area contributed by atoms with Gasteiger partial charge in [0.05, 0.1) is 15.6 Å². The van der Waals surface area contributed by atoms with E-state index in [9.17, 15) is 4.79 Å². The summed E-state index contributed by atoms with van der Waals surface area (Å²) in [6, 6.07) is 4.96. The maximum atomic E-state index is 11.6. The minimum absolute atomic E-state index is 0. The SMILES string of the molecule is Cl.NCCCNC(=O)c1c(Cl)cccc1Cl. The lowest BCUT2D eigenvalue weighted by atomic mass is 10.2. The van der Waals surface area contributed by atoms with Gasteiger partial charge in [-0.3, -0.25) is 4.79 Å². The Hall–Kier alpha value is -0.480. The molecule has 0 saturated carbocycles. The largest absolute Gasteiger partial charge is 0.352 e. The van der Waals surface area contributed by atoms with Gasteiger partial charge in [-0.2, -0.15) is 0 Å². The molecule has 0 saturated heterocycles. The highest BCUT2D eigenvalue weighted by Gasteiger charge is 2.13. The molecule has 3 N–H and O–H groups in total. The van der Waals surface area contributed by atoms with Gasteiger partial charge in [0.25, 0.3) is 5.91 Å². The molecule has 0 radical (unpaired) electrons. The number of nitrogens with one attached hydrogen (secondary N) is 1. The molecule has 0 atom stereocenters. The van der Waals surface area contributed by atoms with Crippen molar-refractivity contribution in [1.29, 1.82) is 0 Å². The van der Waals surface area contributed by atoms with Crippen LogP contribution in [0.1, 0.15) is 16.8 Å². The lowest BCUT2D eigenvalue weighted by Crippen LogP contribution is -2.26. The maximum Gasteiger partial charge on any atom is 0.254 e. The van der Waals surface area contributed by atoms with Gasteiger partial charge in [0.1, 0.15) is 0 Å². The molecule has 1 rings (SSSR count). The molecule has 0 fully saturated rings. The highest BCUT2D eigenvalue weighted by Crippen LogP contribution is 2.23. The maximum absolute atomic E-state index is 11.6. The van der Waals surface area contributed by atoms with E-state index in [1.165, 1.54) is 0 Å². The Kier molecular flexibility index (Phi) is 7.51. The van der Waals surface area contributed by atoms with Crippen LogP contribution >= 0.6 is 35.6 Å². The number of halogens is 3. The quantitative estimate of drug-likeness (QED) is 0.834. The van der Waals surface area contributed by atoms with E-state index in [2.05, 4.69) is 5.32 Å². The van der Waals surface area contributed by atoms with Gasteiger partial charge in [-0.15, -0.1) is 12.4 Å².